The number of H-pyrrole nitrogens is 1. The molecule has 0 spiro atoms. The Labute approximate surface area is 311 Å². The third-order valence-corrected chi connectivity index (χ3v) is 12.9. The number of amides is 4. The summed E-state index contributed by atoms with van der Waals surface area (Å²) in [6, 6.07) is -3.07. The lowest BCUT2D eigenvalue weighted by atomic mass is 9.60. The quantitative estimate of drug-likeness (QED) is 0.133. The second-order valence-corrected chi connectivity index (χ2v) is 16.9. The van der Waals surface area contributed by atoms with Crippen LogP contribution in [0.4, 0.5) is 0 Å². The number of hydrogen-bond donors (Lipinski definition) is 4. The first-order valence-corrected chi connectivity index (χ1v) is 19.8. The van der Waals surface area contributed by atoms with Crippen LogP contribution < -0.4 is 16.0 Å². The minimum Gasteiger partial charge on any atom is -0.447 e. The number of hydrogen-bond acceptors (Lipinski definition) is 8. The topological polar surface area (TPSA) is 184 Å². The summed E-state index contributed by atoms with van der Waals surface area (Å²) in [5.74, 6) is -4.06. The molecule has 6 rings (SSSR count). The number of esters is 1. The number of carbonyl (C=O) groups is 7. The van der Waals surface area contributed by atoms with Crippen molar-refractivity contribution in [2.24, 2.45) is 23.2 Å². The number of aryl methyl sites for hydroxylation is 1. The number of ketones is 2. The van der Waals surface area contributed by atoms with E-state index in [4.69, 9.17) is 4.74 Å². The van der Waals surface area contributed by atoms with Crippen molar-refractivity contribution in [2.75, 3.05) is 0 Å². The summed E-state index contributed by atoms with van der Waals surface area (Å²) in [5.41, 5.74) is 0.875. The molecule has 13 nitrogen and oxygen atoms in total. The molecular weight excluding hydrogens is 678 g/mol. The molecule has 3 aliphatic carbocycles. The van der Waals surface area contributed by atoms with Crippen LogP contribution in [-0.2, 0) is 28.7 Å². The van der Waals surface area contributed by atoms with Gasteiger partial charge in [0.2, 0.25) is 17.6 Å². The Hall–Kier alpha value is -4.03. The maximum Gasteiger partial charge on any atom is 0.356 e. The Morgan fingerprint density at radius 1 is 0.943 bits per heavy atom. The number of aromatic nitrogens is 1. The van der Waals surface area contributed by atoms with E-state index in [-0.39, 0.29) is 52.8 Å². The number of carbonyl (C=O) groups excluding carboxylic acids is 7. The van der Waals surface area contributed by atoms with Gasteiger partial charge in [-0.05, 0) is 95.0 Å². The number of aromatic amines is 1. The average molecular weight is 736 g/mol. The van der Waals surface area contributed by atoms with Crippen LogP contribution in [0.2, 0.25) is 0 Å². The lowest BCUT2D eigenvalue weighted by Gasteiger charge is -2.55. The monoisotopic (exact) mass is 735 g/mol. The average Bonchev–Trinajstić information content (AvgIpc) is 3.77. The van der Waals surface area contributed by atoms with Crippen LogP contribution in [0.5, 0.6) is 0 Å². The number of rotatable bonds is 13. The molecule has 4 amide bonds. The molecule has 2 aliphatic heterocycles. The van der Waals surface area contributed by atoms with Crippen molar-refractivity contribution in [1.82, 2.24) is 25.8 Å². The molecule has 3 unspecified atom stereocenters. The summed E-state index contributed by atoms with van der Waals surface area (Å²) in [5, 5.41) is 8.61. The fourth-order valence-corrected chi connectivity index (χ4v) is 9.81. The Kier molecular flexibility index (Phi) is 11.2. The fourth-order valence-electron chi connectivity index (χ4n) is 9.81. The highest BCUT2D eigenvalue weighted by Crippen LogP contribution is 2.54. The van der Waals surface area contributed by atoms with Crippen molar-refractivity contribution in [2.45, 2.75) is 161 Å². The highest BCUT2D eigenvalue weighted by molar-refractivity contribution is 6.38. The minimum absolute atomic E-state index is 0.00176. The molecule has 3 saturated carbocycles. The SMILES string of the molecule is CCC[C@H](NC(=O)[C@@H]1CC2CCCC3C2N1C(=O)[C@@H](NC(=O)[C@@H](OC(=O)c1[nH]c(C)c(C)c1C(C)=O)C1CCCCC1)C3(C)C)C(=O)C(=O)NC1CC1. The standard InChI is InChI=1S/C40H57N5O8/c1-7-12-27(32(47)36(49)42-25-17-18-25)43-35(48)28-19-24-15-11-16-26-31(24)45(28)38(51)34(40(26,5)6)44-37(50)33(23-13-9-8-10-14-23)53-39(52)30-29(22(4)46)20(2)21(3)41-30/h23-28,31,33-34,41H,7-19H2,1-6H3,(H,42,49)(H,43,48)(H,44,50)/t24?,26?,27-,28-,31?,33-,34+/m0/s1. The van der Waals surface area contributed by atoms with Gasteiger partial charge in [0.1, 0.15) is 17.8 Å². The van der Waals surface area contributed by atoms with E-state index < -0.39 is 59.1 Å². The maximum absolute atomic E-state index is 14.7. The number of nitrogens with one attached hydrogen (secondary N) is 4. The third-order valence-electron chi connectivity index (χ3n) is 12.9. The molecule has 1 aromatic heterocycles. The van der Waals surface area contributed by atoms with Gasteiger partial charge in [-0.25, -0.2) is 4.79 Å². The van der Waals surface area contributed by atoms with Gasteiger partial charge in [-0.3, -0.25) is 28.8 Å². The molecule has 0 bridgehead atoms. The second-order valence-electron chi connectivity index (χ2n) is 16.9. The van der Waals surface area contributed by atoms with Crippen molar-refractivity contribution >= 4 is 41.2 Å². The van der Waals surface area contributed by atoms with E-state index in [0.717, 1.165) is 51.4 Å². The van der Waals surface area contributed by atoms with Crippen LogP contribution in [0, 0.1) is 37.0 Å². The van der Waals surface area contributed by atoms with E-state index >= 15 is 0 Å². The molecule has 5 fully saturated rings. The molecule has 13 heteroatoms. The third kappa shape index (κ3) is 7.54. The molecule has 2 saturated heterocycles. The minimum atomic E-state index is -1.19. The molecule has 0 radical (unpaired) electrons. The fraction of sp³-hybridized carbons (Fsp3) is 0.725. The van der Waals surface area contributed by atoms with Crippen LogP contribution in [0.3, 0.4) is 0 Å². The van der Waals surface area contributed by atoms with Gasteiger partial charge in [0, 0.05) is 23.7 Å². The number of Topliss-reactive ketones (excluding diaryl/α,β-unsaturated/α-hetero) is 2. The first-order valence-electron chi connectivity index (χ1n) is 19.8. The molecule has 0 aromatic carbocycles. The van der Waals surface area contributed by atoms with Gasteiger partial charge in [-0.1, -0.05) is 52.9 Å². The molecule has 1 aromatic rings. The molecule has 7 atom stereocenters. The maximum atomic E-state index is 14.7. The Morgan fingerprint density at radius 3 is 2.28 bits per heavy atom. The van der Waals surface area contributed by atoms with Gasteiger partial charge in [-0.2, -0.15) is 0 Å². The Bertz CT molecular complexity index is 1660. The zero-order valence-corrected chi connectivity index (χ0v) is 32.1. The molecule has 290 valence electrons. The van der Waals surface area contributed by atoms with E-state index in [2.05, 4.69) is 20.9 Å². The number of ether oxygens (including phenoxy) is 1. The first-order chi connectivity index (χ1) is 25.1. The lowest BCUT2D eigenvalue weighted by molar-refractivity contribution is -0.161. The summed E-state index contributed by atoms with van der Waals surface area (Å²) < 4.78 is 6.02. The van der Waals surface area contributed by atoms with Crippen molar-refractivity contribution < 1.29 is 38.3 Å². The number of piperidine rings is 1. The lowest BCUT2D eigenvalue weighted by Crippen LogP contribution is -2.70. The molecular formula is C40H57N5O8. The predicted octanol–water partition coefficient (Wildman–Crippen LogP) is 3.98. The van der Waals surface area contributed by atoms with Gasteiger partial charge < -0.3 is 30.6 Å². The van der Waals surface area contributed by atoms with E-state index in [1.54, 1.807) is 18.7 Å². The van der Waals surface area contributed by atoms with Crippen molar-refractivity contribution in [3.63, 3.8) is 0 Å². The van der Waals surface area contributed by atoms with E-state index in [1.165, 1.54) is 6.92 Å². The zero-order chi connectivity index (χ0) is 38.4. The molecule has 3 heterocycles. The van der Waals surface area contributed by atoms with Crippen molar-refractivity contribution in [3.8, 4) is 0 Å². The van der Waals surface area contributed by atoms with Gasteiger partial charge >= 0.3 is 5.97 Å². The van der Waals surface area contributed by atoms with Crippen molar-refractivity contribution in [3.05, 3.63) is 22.5 Å². The van der Waals surface area contributed by atoms with Crippen LogP contribution in [-0.4, -0.2) is 87.4 Å². The zero-order valence-electron chi connectivity index (χ0n) is 32.1. The summed E-state index contributed by atoms with van der Waals surface area (Å²) in [4.78, 5) is 100.0. The molecule has 53 heavy (non-hydrogen) atoms. The highest BCUT2D eigenvalue weighted by Gasteiger charge is 2.62. The molecule has 4 N–H and O–H groups in total. The summed E-state index contributed by atoms with van der Waals surface area (Å²) in [6.07, 6.45) is 8.48. The van der Waals surface area contributed by atoms with Crippen LogP contribution in [0.15, 0.2) is 0 Å². The predicted molar refractivity (Wildman–Crippen MR) is 195 cm³/mol. The van der Waals surface area contributed by atoms with E-state index in [1.807, 2.05) is 20.8 Å². The normalized spacial score (nSPS) is 27.6. The number of nitrogens with zero attached hydrogens (tertiary/aromatic N) is 1. The Balaban J connectivity index is 1.25. The molecule has 5 aliphatic rings. The largest absolute Gasteiger partial charge is 0.447 e. The highest BCUT2D eigenvalue weighted by atomic mass is 16.5. The first kappa shape index (κ1) is 38.7. The second kappa shape index (κ2) is 15.4. The van der Waals surface area contributed by atoms with Gasteiger partial charge in [0.25, 0.3) is 11.8 Å². The van der Waals surface area contributed by atoms with Gasteiger partial charge in [0.05, 0.1) is 11.6 Å². The smallest absolute Gasteiger partial charge is 0.356 e. The van der Waals surface area contributed by atoms with Crippen LogP contribution >= 0.6 is 0 Å². The van der Waals surface area contributed by atoms with Crippen LogP contribution in [0.1, 0.15) is 143 Å². The van der Waals surface area contributed by atoms with E-state index in [9.17, 15) is 33.6 Å². The van der Waals surface area contributed by atoms with E-state index in [0.29, 0.717) is 43.4 Å². The van der Waals surface area contributed by atoms with Crippen molar-refractivity contribution in [1.29, 1.82) is 0 Å². The Morgan fingerprint density at radius 2 is 1.64 bits per heavy atom. The summed E-state index contributed by atoms with van der Waals surface area (Å²) in [6.45, 7) is 10.8. The van der Waals surface area contributed by atoms with Crippen LogP contribution in [0.25, 0.3) is 0 Å². The van der Waals surface area contributed by atoms with Gasteiger partial charge in [0.15, 0.2) is 11.9 Å². The summed E-state index contributed by atoms with van der Waals surface area (Å²) in [7, 11) is 0. The summed E-state index contributed by atoms with van der Waals surface area (Å²) >= 11 is 0. The van der Waals surface area contributed by atoms with Gasteiger partial charge in [-0.15, -0.1) is 0 Å².